The molecular formula is C14H18BrNO3S. The number of amides is 1. The molecule has 20 heavy (non-hydrogen) atoms. The molecule has 0 saturated heterocycles. The number of rotatable bonds is 4. The topological polar surface area (TPSA) is 55.4 Å². The second-order valence-electron chi connectivity index (χ2n) is 5.24. The first-order valence-corrected chi connectivity index (χ1v) is 7.75. The molecule has 0 fully saturated rings. The number of carbonyl (C=O) groups excluding carboxylic acids is 2. The normalized spacial score (nSPS) is 13.2. The summed E-state index contributed by atoms with van der Waals surface area (Å²) in [6.07, 6.45) is 3.10. The van der Waals surface area contributed by atoms with Gasteiger partial charge in [0.2, 0.25) is 5.91 Å². The summed E-state index contributed by atoms with van der Waals surface area (Å²) in [5, 5.41) is 2.57. The fourth-order valence-electron chi connectivity index (χ4n) is 1.29. The van der Waals surface area contributed by atoms with Gasteiger partial charge < -0.3 is 10.1 Å². The molecule has 1 amide bonds. The maximum Gasteiger partial charge on any atom is 0.328 e. The summed E-state index contributed by atoms with van der Waals surface area (Å²) >= 11 is 4.87. The zero-order valence-corrected chi connectivity index (χ0v) is 14.3. The number of hydrogen-bond donors (Lipinski definition) is 1. The first-order valence-electron chi connectivity index (χ1n) is 6.14. The van der Waals surface area contributed by atoms with Crippen molar-refractivity contribution < 1.29 is 14.3 Å². The van der Waals surface area contributed by atoms with Crippen molar-refractivity contribution in [1.29, 1.82) is 0 Å². The summed E-state index contributed by atoms with van der Waals surface area (Å²) in [6, 6.07) is 3.13. The van der Waals surface area contributed by atoms with Gasteiger partial charge in [0.1, 0.15) is 11.6 Å². The van der Waals surface area contributed by atoms with Crippen molar-refractivity contribution >= 4 is 45.2 Å². The molecule has 1 rings (SSSR count). The van der Waals surface area contributed by atoms with Gasteiger partial charge >= 0.3 is 5.97 Å². The lowest BCUT2D eigenvalue weighted by molar-refractivity contribution is -0.157. The molecular weight excluding hydrogens is 342 g/mol. The Kier molecular flexibility index (Phi) is 5.95. The number of hydrogen-bond acceptors (Lipinski definition) is 4. The van der Waals surface area contributed by atoms with Crippen molar-refractivity contribution in [2.75, 3.05) is 0 Å². The van der Waals surface area contributed by atoms with E-state index in [4.69, 9.17) is 4.74 Å². The molecule has 0 aliphatic heterocycles. The number of thiophene rings is 1. The van der Waals surface area contributed by atoms with Gasteiger partial charge in [0.05, 0.1) is 3.79 Å². The molecule has 0 bridgehead atoms. The number of esters is 1. The summed E-state index contributed by atoms with van der Waals surface area (Å²) < 4.78 is 6.18. The SMILES string of the molecule is C[C@H](NC(=O)/C=C/c1ccc(Br)s1)C(=O)OC(C)(C)C. The van der Waals surface area contributed by atoms with E-state index in [1.54, 1.807) is 33.8 Å². The van der Waals surface area contributed by atoms with Gasteiger partial charge in [-0.3, -0.25) is 4.79 Å². The minimum absolute atomic E-state index is 0.326. The van der Waals surface area contributed by atoms with Crippen molar-refractivity contribution in [2.24, 2.45) is 0 Å². The van der Waals surface area contributed by atoms with Crippen LogP contribution < -0.4 is 5.32 Å². The third kappa shape index (κ3) is 6.34. The molecule has 110 valence electrons. The van der Waals surface area contributed by atoms with E-state index in [0.29, 0.717) is 0 Å². The number of halogens is 1. The van der Waals surface area contributed by atoms with Crippen molar-refractivity contribution in [3.05, 3.63) is 26.9 Å². The summed E-state index contributed by atoms with van der Waals surface area (Å²) in [5.41, 5.74) is -0.560. The van der Waals surface area contributed by atoms with Crippen LogP contribution in [0.2, 0.25) is 0 Å². The smallest absolute Gasteiger partial charge is 0.328 e. The van der Waals surface area contributed by atoms with Gasteiger partial charge in [-0.15, -0.1) is 11.3 Å². The predicted octanol–water partition coefficient (Wildman–Crippen LogP) is 3.37. The Morgan fingerprint density at radius 1 is 1.40 bits per heavy atom. The Hall–Kier alpha value is -1.14. The van der Waals surface area contributed by atoms with E-state index in [-0.39, 0.29) is 5.91 Å². The zero-order chi connectivity index (χ0) is 15.3. The first-order chi connectivity index (χ1) is 9.17. The molecule has 0 unspecified atom stereocenters. The van der Waals surface area contributed by atoms with E-state index in [9.17, 15) is 9.59 Å². The van der Waals surface area contributed by atoms with E-state index >= 15 is 0 Å². The zero-order valence-electron chi connectivity index (χ0n) is 11.9. The Morgan fingerprint density at radius 2 is 2.05 bits per heavy atom. The lowest BCUT2D eigenvalue weighted by Gasteiger charge is -2.22. The molecule has 6 heteroatoms. The van der Waals surface area contributed by atoms with Crippen LogP contribution in [0.3, 0.4) is 0 Å². The van der Waals surface area contributed by atoms with E-state index in [1.165, 1.54) is 17.4 Å². The standard InChI is InChI=1S/C14H18BrNO3S/c1-9(13(18)19-14(2,3)4)16-12(17)8-6-10-5-7-11(15)20-10/h5-9H,1-4H3,(H,16,17)/b8-6+/t9-/m0/s1. The molecule has 0 aliphatic carbocycles. The second kappa shape index (κ2) is 7.04. The van der Waals surface area contributed by atoms with E-state index in [1.807, 2.05) is 12.1 Å². The molecule has 0 aromatic carbocycles. The number of nitrogens with one attached hydrogen (secondary N) is 1. The highest BCUT2D eigenvalue weighted by Gasteiger charge is 2.22. The van der Waals surface area contributed by atoms with Crippen LogP contribution in [0.4, 0.5) is 0 Å². The third-order valence-corrected chi connectivity index (χ3v) is 3.70. The maximum absolute atomic E-state index is 11.7. The largest absolute Gasteiger partial charge is 0.458 e. The molecule has 1 N–H and O–H groups in total. The molecule has 4 nitrogen and oxygen atoms in total. The molecule has 0 radical (unpaired) electrons. The van der Waals surface area contributed by atoms with Gasteiger partial charge in [-0.25, -0.2) is 4.79 Å². The predicted molar refractivity (Wildman–Crippen MR) is 84.5 cm³/mol. The average molecular weight is 360 g/mol. The van der Waals surface area contributed by atoms with Crippen LogP contribution in [0.25, 0.3) is 6.08 Å². The van der Waals surface area contributed by atoms with Crippen LogP contribution in [0, 0.1) is 0 Å². The molecule has 1 atom stereocenters. The number of ether oxygens (including phenoxy) is 1. The summed E-state index contributed by atoms with van der Waals surface area (Å²) in [4.78, 5) is 24.4. The van der Waals surface area contributed by atoms with Gasteiger partial charge in [-0.1, -0.05) is 0 Å². The molecule has 1 aromatic rings. The van der Waals surface area contributed by atoms with Crippen LogP contribution in [0.15, 0.2) is 22.0 Å². The highest BCUT2D eigenvalue weighted by atomic mass is 79.9. The first kappa shape index (κ1) is 16.9. The van der Waals surface area contributed by atoms with Gasteiger partial charge in [0, 0.05) is 11.0 Å². The van der Waals surface area contributed by atoms with Crippen molar-refractivity contribution in [3.8, 4) is 0 Å². The Morgan fingerprint density at radius 3 is 2.55 bits per heavy atom. The lowest BCUT2D eigenvalue weighted by atomic mass is 10.2. The summed E-state index contributed by atoms with van der Waals surface area (Å²) in [7, 11) is 0. The van der Waals surface area contributed by atoms with Gasteiger partial charge in [0.15, 0.2) is 0 Å². The molecule has 0 saturated carbocycles. The number of carbonyl (C=O) groups is 2. The minimum atomic E-state index is -0.679. The lowest BCUT2D eigenvalue weighted by Crippen LogP contribution is -2.41. The van der Waals surface area contributed by atoms with Crippen molar-refractivity contribution in [1.82, 2.24) is 5.32 Å². The molecule has 0 spiro atoms. The summed E-state index contributed by atoms with van der Waals surface area (Å²) in [5.74, 6) is -0.772. The Balaban J connectivity index is 2.49. The molecule has 1 aromatic heterocycles. The second-order valence-corrected chi connectivity index (χ2v) is 7.73. The Bertz CT molecular complexity index is 517. The van der Waals surface area contributed by atoms with Crippen molar-refractivity contribution in [3.63, 3.8) is 0 Å². The highest BCUT2D eigenvalue weighted by molar-refractivity contribution is 9.11. The molecule has 1 heterocycles. The summed E-state index contributed by atoms with van der Waals surface area (Å²) in [6.45, 7) is 6.96. The molecule has 0 aliphatic rings. The van der Waals surface area contributed by atoms with Gasteiger partial charge in [0.25, 0.3) is 0 Å². The van der Waals surface area contributed by atoms with E-state index in [2.05, 4.69) is 21.2 Å². The van der Waals surface area contributed by atoms with Crippen LogP contribution in [-0.2, 0) is 14.3 Å². The van der Waals surface area contributed by atoms with E-state index < -0.39 is 17.6 Å². The monoisotopic (exact) mass is 359 g/mol. The van der Waals surface area contributed by atoms with Crippen LogP contribution >= 0.6 is 27.3 Å². The van der Waals surface area contributed by atoms with Crippen LogP contribution in [0.1, 0.15) is 32.6 Å². The van der Waals surface area contributed by atoms with Crippen LogP contribution in [-0.4, -0.2) is 23.5 Å². The van der Waals surface area contributed by atoms with Gasteiger partial charge in [-0.05, 0) is 61.8 Å². The fourth-order valence-corrected chi connectivity index (χ4v) is 2.61. The fraction of sp³-hybridized carbons (Fsp3) is 0.429. The third-order valence-electron chi connectivity index (χ3n) is 2.11. The maximum atomic E-state index is 11.7. The quantitative estimate of drug-likeness (QED) is 0.662. The van der Waals surface area contributed by atoms with Crippen molar-refractivity contribution in [2.45, 2.75) is 39.3 Å². The average Bonchev–Trinajstić information content (AvgIpc) is 2.70. The Labute approximate surface area is 131 Å². The minimum Gasteiger partial charge on any atom is -0.458 e. The van der Waals surface area contributed by atoms with E-state index in [0.717, 1.165) is 8.66 Å². The highest BCUT2D eigenvalue weighted by Crippen LogP contribution is 2.22. The van der Waals surface area contributed by atoms with Crippen LogP contribution in [0.5, 0.6) is 0 Å². The van der Waals surface area contributed by atoms with Gasteiger partial charge in [-0.2, -0.15) is 0 Å².